The zero-order chi connectivity index (χ0) is 14.5. The largest absolute Gasteiger partial charge is 0.355 e. The highest BCUT2D eigenvalue weighted by molar-refractivity contribution is 5.37. The van der Waals surface area contributed by atoms with E-state index in [1.54, 1.807) is 6.07 Å². The Labute approximate surface area is 120 Å². The van der Waals surface area contributed by atoms with Gasteiger partial charge in [0, 0.05) is 31.1 Å². The molecular weight excluding hydrogens is 252 g/mol. The highest BCUT2D eigenvalue weighted by Gasteiger charge is 2.18. The van der Waals surface area contributed by atoms with Gasteiger partial charge in [0.1, 0.15) is 11.6 Å². The summed E-state index contributed by atoms with van der Waals surface area (Å²) in [7, 11) is 0. The number of nitrogens with zero attached hydrogens (tertiary/aromatic N) is 2. The lowest BCUT2D eigenvalue weighted by molar-refractivity contribution is 0.399. The van der Waals surface area contributed by atoms with Crippen molar-refractivity contribution < 1.29 is 0 Å². The molecule has 0 amide bonds. The third kappa shape index (κ3) is 3.82. The van der Waals surface area contributed by atoms with Crippen LogP contribution in [0.1, 0.15) is 51.8 Å². The molecule has 0 bridgehead atoms. The molecule has 2 N–H and O–H groups in total. The number of piperidine rings is 1. The van der Waals surface area contributed by atoms with Crippen LogP contribution in [0.5, 0.6) is 0 Å². The third-order valence-corrected chi connectivity index (χ3v) is 3.85. The van der Waals surface area contributed by atoms with Crippen LogP contribution < -0.4 is 15.8 Å². The van der Waals surface area contributed by atoms with E-state index in [1.807, 2.05) is 13.8 Å². The van der Waals surface area contributed by atoms with Crippen molar-refractivity contribution in [2.24, 2.45) is 0 Å². The third-order valence-electron chi connectivity index (χ3n) is 3.85. The molecular formula is C15H26N4O. The average molecular weight is 278 g/mol. The summed E-state index contributed by atoms with van der Waals surface area (Å²) in [4.78, 5) is 21.4. The maximum atomic E-state index is 11.8. The quantitative estimate of drug-likeness (QED) is 0.863. The number of aromatic nitrogens is 2. The summed E-state index contributed by atoms with van der Waals surface area (Å²) >= 11 is 0. The van der Waals surface area contributed by atoms with Crippen LogP contribution in [0.3, 0.4) is 0 Å². The van der Waals surface area contributed by atoms with E-state index in [0.29, 0.717) is 6.04 Å². The fourth-order valence-electron chi connectivity index (χ4n) is 2.63. The van der Waals surface area contributed by atoms with E-state index in [2.05, 4.69) is 27.1 Å². The Bertz CT molecular complexity index is 477. The van der Waals surface area contributed by atoms with E-state index in [4.69, 9.17) is 0 Å². The fourth-order valence-corrected chi connectivity index (χ4v) is 2.63. The normalized spacial score (nSPS) is 19.3. The molecule has 0 saturated carbocycles. The molecule has 1 aromatic rings. The predicted octanol–water partition coefficient (Wildman–Crippen LogP) is 1.86. The summed E-state index contributed by atoms with van der Waals surface area (Å²) < 4.78 is 0. The van der Waals surface area contributed by atoms with Gasteiger partial charge in [-0.25, -0.2) is 4.98 Å². The van der Waals surface area contributed by atoms with Crippen molar-refractivity contribution in [2.75, 3.05) is 24.5 Å². The van der Waals surface area contributed by atoms with E-state index in [1.165, 1.54) is 19.3 Å². The van der Waals surface area contributed by atoms with E-state index in [0.717, 1.165) is 31.3 Å². The van der Waals surface area contributed by atoms with Crippen molar-refractivity contribution in [2.45, 2.75) is 52.0 Å². The summed E-state index contributed by atoms with van der Waals surface area (Å²) in [6.45, 7) is 9.09. The number of hydrogen-bond acceptors (Lipinski definition) is 4. The van der Waals surface area contributed by atoms with Gasteiger partial charge in [0.25, 0.3) is 5.56 Å². The van der Waals surface area contributed by atoms with Gasteiger partial charge in [-0.05, 0) is 26.3 Å². The summed E-state index contributed by atoms with van der Waals surface area (Å²) in [5.41, 5.74) is -0.0613. The van der Waals surface area contributed by atoms with Gasteiger partial charge in [0.2, 0.25) is 0 Å². The van der Waals surface area contributed by atoms with Crippen molar-refractivity contribution in [1.29, 1.82) is 0 Å². The number of H-pyrrole nitrogens is 1. The van der Waals surface area contributed by atoms with Crippen LogP contribution in [0.15, 0.2) is 10.9 Å². The standard InChI is InChI=1S/C15H26N4O/c1-4-19(10-12-7-5-6-8-16-12)13-9-14(20)18-15(17-13)11(2)3/h9,11-12,16H,4-8,10H2,1-3H3,(H,17,18,20). The smallest absolute Gasteiger partial charge is 0.252 e. The zero-order valence-corrected chi connectivity index (χ0v) is 12.8. The molecule has 2 rings (SSSR count). The van der Waals surface area contributed by atoms with Gasteiger partial charge in [-0.1, -0.05) is 20.3 Å². The Morgan fingerprint density at radius 2 is 2.25 bits per heavy atom. The Hall–Kier alpha value is -1.36. The maximum absolute atomic E-state index is 11.8. The lowest BCUT2D eigenvalue weighted by atomic mass is 10.0. The molecule has 1 saturated heterocycles. The molecule has 0 aliphatic carbocycles. The average Bonchev–Trinajstić information content (AvgIpc) is 2.45. The second-order valence-corrected chi connectivity index (χ2v) is 5.83. The van der Waals surface area contributed by atoms with Crippen LogP contribution in [0.2, 0.25) is 0 Å². The predicted molar refractivity (Wildman–Crippen MR) is 82.5 cm³/mol. The second-order valence-electron chi connectivity index (χ2n) is 5.83. The number of likely N-dealkylation sites (N-methyl/N-ethyl adjacent to an activating group) is 1. The summed E-state index contributed by atoms with van der Waals surface area (Å²) in [5, 5.41) is 3.55. The van der Waals surface area contributed by atoms with Gasteiger partial charge >= 0.3 is 0 Å². The van der Waals surface area contributed by atoms with Gasteiger partial charge < -0.3 is 15.2 Å². The van der Waals surface area contributed by atoms with E-state index in [9.17, 15) is 4.79 Å². The molecule has 1 aliphatic heterocycles. The molecule has 0 radical (unpaired) electrons. The van der Waals surface area contributed by atoms with Crippen molar-refractivity contribution in [3.05, 3.63) is 22.2 Å². The van der Waals surface area contributed by atoms with Crippen LogP contribution >= 0.6 is 0 Å². The number of aromatic amines is 1. The first-order valence-corrected chi connectivity index (χ1v) is 7.69. The molecule has 1 aromatic heterocycles. The van der Waals surface area contributed by atoms with Crippen molar-refractivity contribution in [3.63, 3.8) is 0 Å². The van der Waals surface area contributed by atoms with Gasteiger partial charge in [0.15, 0.2) is 0 Å². The Balaban J connectivity index is 2.15. The lowest BCUT2D eigenvalue weighted by Gasteiger charge is -2.30. The van der Waals surface area contributed by atoms with Gasteiger partial charge in [-0.15, -0.1) is 0 Å². The molecule has 1 fully saturated rings. The topological polar surface area (TPSA) is 61.0 Å². The first-order valence-electron chi connectivity index (χ1n) is 7.69. The highest BCUT2D eigenvalue weighted by atomic mass is 16.1. The number of nitrogens with one attached hydrogen (secondary N) is 2. The van der Waals surface area contributed by atoms with Crippen LogP contribution in [0.4, 0.5) is 5.82 Å². The van der Waals surface area contributed by atoms with Gasteiger partial charge in [-0.2, -0.15) is 0 Å². The fraction of sp³-hybridized carbons (Fsp3) is 0.733. The second kappa shape index (κ2) is 6.88. The van der Waals surface area contributed by atoms with Crippen molar-refractivity contribution in [3.8, 4) is 0 Å². The van der Waals surface area contributed by atoms with E-state index >= 15 is 0 Å². The summed E-state index contributed by atoms with van der Waals surface area (Å²) in [6.07, 6.45) is 3.76. The number of anilines is 1. The molecule has 20 heavy (non-hydrogen) atoms. The van der Waals surface area contributed by atoms with E-state index < -0.39 is 0 Å². The van der Waals surface area contributed by atoms with Gasteiger partial charge in [0.05, 0.1) is 0 Å². The van der Waals surface area contributed by atoms with Gasteiger partial charge in [-0.3, -0.25) is 4.79 Å². The Kier molecular flexibility index (Phi) is 5.17. The molecule has 0 aromatic carbocycles. The van der Waals surface area contributed by atoms with Crippen LogP contribution in [0, 0.1) is 0 Å². The highest BCUT2D eigenvalue weighted by Crippen LogP contribution is 2.15. The molecule has 2 heterocycles. The number of hydrogen-bond donors (Lipinski definition) is 2. The monoisotopic (exact) mass is 278 g/mol. The zero-order valence-electron chi connectivity index (χ0n) is 12.8. The van der Waals surface area contributed by atoms with Crippen LogP contribution in [0.25, 0.3) is 0 Å². The minimum atomic E-state index is -0.0613. The lowest BCUT2D eigenvalue weighted by Crippen LogP contribution is -2.44. The van der Waals surface area contributed by atoms with Crippen molar-refractivity contribution >= 4 is 5.82 Å². The molecule has 5 nitrogen and oxygen atoms in total. The first-order chi connectivity index (χ1) is 9.60. The van der Waals surface area contributed by atoms with Crippen LogP contribution in [-0.2, 0) is 0 Å². The molecule has 1 unspecified atom stereocenters. The molecule has 1 aliphatic rings. The Morgan fingerprint density at radius 3 is 2.85 bits per heavy atom. The Morgan fingerprint density at radius 1 is 1.45 bits per heavy atom. The van der Waals surface area contributed by atoms with E-state index in [-0.39, 0.29) is 11.5 Å². The molecule has 1 atom stereocenters. The summed E-state index contributed by atoms with van der Waals surface area (Å²) in [6, 6.07) is 2.12. The SMILES string of the molecule is CCN(CC1CCCCN1)c1cc(=O)[nH]c(C(C)C)n1. The minimum absolute atomic E-state index is 0.0613. The van der Waals surface area contributed by atoms with Crippen LogP contribution in [-0.4, -0.2) is 35.6 Å². The first kappa shape index (κ1) is 15.0. The minimum Gasteiger partial charge on any atom is -0.355 e. The maximum Gasteiger partial charge on any atom is 0.252 e. The summed E-state index contributed by atoms with van der Waals surface area (Å²) in [5.74, 6) is 1.80. The molecule has 0 spiro atoms. The van der Waals surface area contributed by atoms with Crippen molar-refractivity contribution in [1.82, 2.24) is 15.3 Å². The molecule has 5 heteroatoms. The molecule has 112 valence electrons. The number of rotatable bonds is 5.